The molecule has 2 aromatic rings. The number of benzene rings is 1. The Balaban J connectivity index is 2.48. The number of halogens is 1. The van der Waals surface area contributed by atoms with E-state index in [1.54, 1.807) is 29.8 Å². The number of nitrogens with one attached hydrogen (secondary N) is 1. The van der Waals surface area contributed by atoms with Crippen molar-refractivity contribution in [3.8, 4) is 0 Å². The summed E-state index contributed by atoms with van der Waals surface area (Å²) in [6, 6.07) is 6.42. The molecule has 0 spiro atoms. The van der Waals surface area contributed by atoms with Gasteiger partial charge >= 0.3 is 5.97 Å². The maximum Gasteiger partial charge on any atom is 0.356 e. The van der Waals surface area contributed by atoms with Crippen LogP contribution in [0.4, 0.5) is 4.39 Å². The highest BCUT2D eigenvalue weighted by molar-refractivity contribution is 7.71. The quantitative estimate of drug-likeness (QED) is 0.694. The number of hydrogen-bond donors (Lipinski definition) is 1. The van der Waals surface area contributed by atoms with Crippen LogP contribution in [0.3, 0.4) is 0 Å². The summed E-state index contributed by atoms with van der Waals surface area (Å²) in [5.74, 6) is -0.830. The van der Waals surface area contributed by atoms with E-state index in [1.807, 2.05) is 0 Å². The van der Waals surface area contributed by atoms with Gasteiger partial charge in [0.2, 0.25) is 0 Å². The minimum absolute atomic E-state index is 0.262. The number of aromatic nitrogens is 2. The first-order chi connectivity index (χ1) is 9.04. The van der Waals surface area contributed by atoms with Crippen molar-refractivity contribution in [3.05, 3.63) is 51.8 Å². The molecular weight excluding hydrogens is 267 g/mol. The molecule has 6 heteroatoms. The van der Waals surface area contributed by atoms with Crippen molar-refractivity contribution in [2.24, 2.45) is 7.05 Å². The van der Waals surface area contributed by atoms with Crippen LogP contribution in [0, 0.1) is 10.6 Å². The molecule has 1 heterocycles. The Morgan fingerprint density at radius 1 is 1.47 bits per heavy atom. The first-order valence-electron chi connectivity index (χ1n) is 5.64. The molecule has 0 unspecified atom stereocenters. The van der Waals surface area contributed by atoms with Gasteiger partial charge in [-0.1, -0.05) is 18.2 Å². The molecule has 0 fully saturated rings. The van der Waals surface area contributed by atoms with Crippen molar-refractivity contribution < 1.29 is 13.9 Å². The molecule has 0 radical (unpaired) electrons. The molecular formula is C13H13FN2O2S. The average Bonchev–Trinajstić information content (AvgIpc) is 2.68. The normalized spacial score (nSPS) is 10.5. The zero-order chi connectivity index (χ0) is 14.0. The maximum absolute atomic E-state index is 13.7. The molecule has 0 aliphatic rings. The number of methoxy groups -OCH3 is 1. The SMILES string of the molecule is COC(=O)c1[nH]c(=S)n(C)c1Cc1ccccc1F. The second-order valence-electron chi connectivity index (χ2n) is 4.07. The summed E-state index contributed by atoms with van der Waals surface area (Å²) >= 11 is 5.08. The molecule has 0 amide bonds. The number of esters is 1. The summed E-state index contributed by atoms with van der Waals surface area (Å²) in [5.41, 5.74) is 1.36. The first kappa shape index (κ1) is 13.5. The maximum atomic E-state index is 13.7. The summed E-state index contributed by atoms with van der Waals surface area (Å²) < 4.78 is 20.4. The van der Waals surface area contributed by atoms with Crippen molar-refractivity contribution >= 4 is 18.2 Å². The lowest BCUT2D eigenvalue weighted by Gasteiger charge is -2.06. The highest BCUT2D eigenvalue weighted by atomic mass is 32.1. The Kier molecular flexibility index (Phi) is 3.80. The van der Waals surface area contributed by atoms with Gasteiger partial charge in [0.05, 0.1) is 12.8 Å². The van der Waals surface area contributed by atoms with Crippen molar-refractivity contribution in [2.45, 2.75) is 6.42 Å². The number of imidazole rings is 1. The van der Waals surface area contributed by atoms with Gasteiger partial charge in [-0.15, -0.1) is 0 Å². The third-order valence-corrected chi connectivity index (χ3v) is 3.31. The van der Waals surface area contributed by atoms with Gasteiger partial charge in [0.15, 0.2) is 4.77 Å². The minimum atomic E-state index is -0.516. The molecule has 1 aromatic carbocycles. The monoisotopic (exact) mass is 280 g/mol. The van der Waals surface area contributed by atoms with E-state index in [2.05, 4.69) is 9.72 Å². The standard InChI is InChI=1S/C13H13FN2O2S/c1-16-10(7-8-5-3-4-6-9(8)14)11(12(17)18-2)15-13(16)19/h3-6H,7H2,1-2H3,(H,15,19). The molecule has 1 N–H and O–H groups in total. The molecule has 0 saturated heterocycles. The summed E-state index contributed by atoms with van der Waals surface area (Å²) in [6.07, 6.45) is 0.265. The minimum Gasteiger partial charge on any atom is -0.464 e. The first-order valence-corrected chi connectivity index (χ1v) is 6.05. The van der Waals surface area contributed by atoms with E-state index >= 15 is 0 Å². The summed E-state index contributed by atoms with van der Waals surface area (Å²) in [6.45, 7) is 0. The van der Waals surface area contributed by atoms with Gasteiger partial charge in [-0.05, 0) is 23.8 Å². The van der Waals surface area contributed by atoms with Crippen molar-refractivity contribution in [1.29, 1.82) is 0 Å². The van der Waals surface area contributed by atoms with Crippen LogP contribution in [0.15, 0.2) is 24.3 Å². The van der Waals surface area contributed by atoms with Crippen LogP contribution in [-0.4, -0.2) is 22.6 Å². The van der Waals surface area contributed by atoms with E-state index < -0.39 is 5.97 Å². The van der Waals surface area contributed by atoms with E-state index in [1.165, 1.54) is 13.2 Å². The van der Waals surface area contributed by atoms with Gasteiger partial charge in [0.25, 0.3) is 0 Å². The number of carbonyl (C=O) groups is 1. The van der Waals surface area contributed by atoms with Crippen molar-refractivity contribution in [3.63, 3.8) is 0 Å². The lowest BCUT2D eigenvalue weighted by molar-refractivity contribution is 0.0593. The fourth-order valence-electron chi connectivity index (χ4n) is 1.85. The van der Waals surface area contributed by atoms with Gasteiger partial charge in [0, 0.05) is 13.5 Å². The van der Waals surface area contributed by atoms with E-state index in [-0.39, 0.29) is 17.9 Å². The average molecular weight is 280 g/mol. The Bertz CT molecular complexity index is 676. The topological polar surface area (TPSA) is 47.0 Å². The number of hydrogen-bond acceptors (Lipinski definition) is 3. The Morgan fingerprint density at radius 3 is 2.79 bits per heavy atom. The van der Waals surface area contributed by atoms with Gasteiger partial charge in [-0.3, -0.25) is 0 Å². The van der Waals surface area contributed by atoms with Gasteiger partial charge in [-0.2, -0.15) is 0 Å². The third kappa shape index (κ3) is 2.58. The number of nitrogens with zero attached hydrogens (tertiary/aromatic N) is 1. The van der Waals surface area contributed by atoms with E-state index in [4.69, 9.17) is 12.2 Å². The van der Waals surface area contributed by atoms with Crippen LogP contribution in [0.1, 0.15) is 21.7 Å². The van der Waals surface area contributed by atoms with Crippen LogP contribution in [0.5, 0.6) is 0 Å². The molecule has 0 aliphatic carbocycles. The van der Waals surface area contributed by atoms with Crippen LogP contribution >= 0.6 is 12.2 Å². The third-order valence-electron chi connectivity index (χ3n) is 2.94. The fourth-order valence-corrected chi connectivity index (χ4v) is 2.07. The van der Waals surface area contributed by atoms with Gasteiger partial charge in [0.1, 0.15) is 11.5 Å². The summed E-state index contributed by atoms with van der Waals surface area (Å²) in [4.78, 5) is 14.5. The number of ether oxygens (including phenoxy) is 1. The largest absolute Gasteiger partial charge is 0.464 e. The number of rotatable bonds is 3. The lowest BCUT2D eigenvalue weighted by Crippen LogP contribution is -2.09. The predicted molar refractivity (Wildman–Crippen MR) is 71.1 cm³/mol. The van der Waals surface area contributed by atoms with Gasteiger partial charge in [-0.25, -0.2) is 9.18 Å². The van der Waals surface area contributed by atoms with Crippen molar-refractivity contribution in [1.82, 2.24) is 9.55 Å². The number of carbonyl (C=O) groups excluding carboxylic acids is 1. The van der Waals surface area contributed by atoms with E-state index in [9.17, 15) is 9.18 Å². The van der Waals surface area contributed by atoms with Crippen LogP contribution in [0.25, 0.3) is 0 Å². The molecule has 100 valence electrons. The summed E-state index contributed by atoms with van der Waals surface area (Å²) in [7, 11) is 3.01. The second-order valence-corrected chi connectivity index (χ2v) is 4.46. The molecule has 0 atom stereocenters. The zero-order valence-electron chi connectivity index (χ0n) is 10.6. The Morgan fingerprint density at radius 2 is 2.16 bits per heavy atom. The number of aromatic amines is 1. The number of H-pyrrole nitrogens is 1. The molecule has 0 saturated carbocycles. The molecule has 19 heavy (non-hydrogen) atoms. The predicted octanol–water partition coefficient (Wildman–Crippen LogP) is 2.60. The molecule has 1 aromatic heterocycles. The van der Waals surface area contributed by atoms with E-state index in [0.29, 0.717) is 16.0 Å². The van der Waals surface area contributed by atoms with Gasteiger partial charge < -0.3 is 14.3 Å². The second kappa shape index (κ2) is 5.36. The smallest absolute Gasteiger partial charge is 0.356 e. The highest BCUT2D eigenvalue weighted by Gasteiger charge is 2.18. The van der Waals surface area contributed by atoms with Crippen LogP contribution < -0.4 is 0 Å². The zero-order valence-corrected chi connectivity index (χ0v) is 11.4. The van der Waals surface area contributed by atoms with Crippen molar-refractivity contribution in [2.75, 3.05) is 7.11 Å². The van der Waals surface area contributed by atoms with E-state index in [0.717, 1.165) is 0 Å². The summed E-state index contributed by atoms with van der Waals surface area (Å²) in [5, 5.41) is 0. The Hall–Kier alpha value is -1.95. The molecule has 0 bridgehead atoms. The van der Waals surface area contributed by atoms with Crippen LogP contribution in [-0.2, 0) is 18.2 Å². The lowest BCUT2D eigenvalue weighted by atomic mass is 10.1. The Labute approximate surface area is 114 Å². The molecule has 2 rings (SSSR count). The van der Waals surface area contributed by atoms with Crippen LogP contribution in [0.2, 0.25) is 0 Å². The molecule has 4 nitrogen and oxygen atoms in total. The highest BCUT2D eigenvalue weighted by Crippen LogP contribution is 2.17. The fraction of sp³-hybridized carbons (Fsp3) is 0.231. The molecule has 0 aliphatic heterocycles.